The van der Waals surface area contributed by atoms with E-state index in [0.29, 0.717) is 17.9 Å². The van der Waals surface area contributed by atoms with Crippen molar-refractivity contribution < 1.29 is 8.42 Å². The van der Waals surface area contributed by atoms with Gasteiger partial charge in [0.2, 0.25) is 0 Å². The van der Waals surface area contributed by atoms with Crippen molar-refractivity contribution in [1.82, 2.24) is 9.97 Å². The van der Waals surface area contributed by atoms with Gasteiger partial charge in [-0.3, -0.25) is 4.72 Å². The zero-order valence-corrected chi connectivity index (χ0v) is 13.5. The molecule has 0 unspecified atom stereocenters. The molecule has 2 N–H and O–H groups in total. The summed E-state index contributed by atoms with van der Waals surface area (Å²) < 4.78 is 26.8. The standard InChI is InChI=1S/C13H16BrN3O2S/c1-2-12-15-9-13(16-12)20(18,19)17-11-5-3-10(4-6-11)7-8-14/h3-6,9,17H,2,7-8H2,1H3,(H,15,16). The second-order valence-corrected chi connectivity index (χ2v) is 6.73. The fourth-order valence-corrected chi connectivity index (χ4v) is 3.18. The molecular formula is C13H16BrN3O2S. The van der Waals surface area contributed by atoms with Crippen molar-refractivity contribution in [2.75, 3.05) is 10.1 Å². The molecule has 0 spiro atoms. The van der Waals surface area contributed by atoms with E-state index in [9.17, 15) is 8.42 Å². The molecule has 20 heavy (non-hydrogen) atoms. The summed E-state index contributed by atoms with van der Waals surface area (Å²) in [5.41, 5.74) is 1.69. The molecule has 0 aliphatic heterocycles. The van der Waals surface area contributed by atoms with Crippen LogP contribution < -0.4 is 4.72 Å². The SMILES string of the molecule is CCc1ncc(S(=O)(=O)Nc2ccc(CCBr)cc2)[nH]1. The minimum atomic E-state index is -3.61. The van der Waals surface area contributed by atoms with Gasteiger partial charge in [-0.15, -0.1) is 0 Å². The summed E-state index contributed by atoms with van der Waals surface area (Å²) in [6.07, 6.45) is 2.91. The number of aromatic amines is 1. The lowest BCUT2D eigenvalue weighted by Crippen LogP contribution is -2.13. The largest absolute Gasteiger partial charge is 0.332 e. The van der Waals surface area contributed by atoms with Gasteiger partial charge in [-0.25, -0.2) is 4.98 Å². The maximum absolute atomic E-state index is 12.2. The van der Waals surface area contributed by atoms with Gasteiger partial charge in [-0.05, 0) is 24.1 Å². The van der Waals surface area contributed by atoms with Crippen LogP contribution in [-0.2, 0) is 22.9 Å². The Morgan fingerprint density at radius 2 is 2.00 bits per heavy atom. The third-order valence-electron chi connectivity index (χ3n) is 2.82. The summed E-state index contributed by atoms with van der Waals surface area (Å²) in [5, 5.41) is 0.963. The van der Waals surface area contributed by atoms with Gasteiger partial charge < -0.3 is 4.98 Å². The highest BCUT2D eigenvalue weighted by Crippen LogP contribution is 2.16. The van der Waals surface area contributed by atoms with Crippen LogP contribution in [0.25, 0.3) is 0 Å². The Hall–Kier alpha value is -1.34. The smallest absolute Gasteiger partial charge is 0.278 e. The quantitative estimate of drug-likeness (QED) is 0.780. The Kier molecular flexibility index (Phi) is 4.82. The van der Waals surface area contributed by atoms with E-state index >= 15 is 0 Å². The van der Waals surface area contributed by atoms with Crippen LogP contribution in [0.15, 0.2) is 35.5 Å². The van der Waals surface area contributed by atoms with E-state index in [4.69, 9.17) is 0 Å². The Morgan fingerprint density at radius 1 is 1.30 bits per heavy atom. The molecule has 0 bridgehead atoms. The monoisotopic (exact) mass is 357 g/mol. The molecule has 0 saturated heterocycles. The number of rotatable bonds is 6. The molecule has 1 aromatic carbocycles. The first-order valence-electron chi connectivity index (χ1n) is 6.26. The molecule has 0 saturated carbocycles. The van der Waals surface area contributed by atoms with Crippen LogP contribution in [0.3, 0.4) is 0 Å². The molecule has 5 nitrogen and oxygen atoms in total. The highest BCUT2D eigenvalue weighted by Gasteiger charge is 2.16. The minimum absolute atomic E-state index is 0.0823. The van der Waals surface area contributed by atoms with E-state index < -0.39 is 10.0 Å². The van der Waals surface area contributed by atoms with Gasteiger partial charge in [0.1, 0.15) is 5.82 Å². The molecule has 108 valence electrons. The van der Waals surface area contributed by atoms with Crippen molar-refractivity contribution in [2.24, 2.45) is 0 Å². The second kappa shape index (κ2) is 6.41. The zero-order valence-electron chi connectivity index (χ0n) is 11.1. The average molecular weight is 358 g/mol. The molecule has 0 aliphatic carbocycles. The molecule has 0 atom stereocenters. The van der Waals surface area contributed by atoms with E-state index in [0.717, 1.165) is 17.3 Å². The molecular weight excluding hydrogens is 342 g/mol. The number of hydrogen-bond acceptors (Lipinski definition) is 3. The third-order valence-corrected chi connectivity index (χ3v) is 4.51. The van der Waals surface area contributed by atoms with E-state index in [1.807, 2.05) is 19.1 Å². The van der Waals surface area contributed by atoms with Crippen LogP contribution in [0.1, 0.15) is 18.3 Å². The molecule has 1 aromatic heterocycles. The minimum Gasteiger partial charge on any atom is -0.332 e. The fourth-order valence-electron chi connectivity index (χ4n) is 1.72. The van der Waals surface area contributed by atoms with Gasteiger partial charge in [0.25, 0.3) is 10.0 Å². The highest BCUT2D eigenvalue weighted by molar-refractivity contribution is 9.09. The van der Waals surface area contributed by atoms with E-state index in [1.165, 1.54) is 6.20 Å². The van der Waals surface area contributed by atoms with Crippen molar-refractivity contribution in [3.63, 3.8) is 0 Å². The van der Waals surface area contributed by atoms with E-state index in [1.54, 1.807) is 12.1 Å². The van der Waals surface area contributed by atoms with Gasteiger partial charge in [0.15, 0.2) is 5.03 Å². The summed E-state index contributed by atoms with van der Waals surface area (Å²) in [6.45, 7) is 1.91. The van der Waals surface area contributed by atoms with Crippen LogP contribution >= 0.6 is 15.9 Å². The maximum Gasteiger partial charge on any atom is 0.278 e. The normalized spacial score (nSPS) is 11.5. The topological polar surface area (TPSA) is 74.8 Å². The van der Waals surface area contributed by atoms with Gasteiger partial charge in [0.05, 0.1) is 6.20 Å². The van der Waals surface area contributed by atoms with Crippen LogP contribution in [0.5, 0.6) is 0 Å². The number of nitrogens with one attached hydrogen (secondary N) is 2. The maximum atomic E-state index is 12.2. The van der Waals surface area contributed by atoms with Gasteiger partial charge >= 0.3 is 0 Å². The van der Waals surface area contributed by atoms with Crippen molar-refractivity contribution in [1.29, 1.82) is 0 Å². The van der Waals surface area contributed by atoms with Crippen molar-refractivity contribution in [2.45, 2.75) is 24.8 Å². The van der Waals surface area contributed by atoms with Crippen molar-refractivity contribution in [3.8, 4) is 0 Å². The second-order valence-electron chi connectivity index (χ2n) is 4.29. The number of sulfonamides is 1. The Labute approximate surface area is 127 Å². The fraction of sp³-hybridized carbons (Fsp3) is 0.308. The number of halogens is 1. The molecule has 0 radical (unpaired) electrons. The molecule has 7 heteroatoms. The number of hydrogen-bond donors (Lipinski definition) is 2. The summed E-state index contributed by atoms with van der Waals surface area (Å²) >= 11 is 3.37. The number of benzene rings is 1. The first-order valence-corrected chi connectivity index (χ1v) is 8.87. The molecule has 1 heterocycles. The lowest BCUT2D eigenvalue weighted by atomic mass is 10.2. The molecule has 2 aromatic rings. The van der Waals surface area contributed by atoms with Gasteiger partial charge in [-0.2, -0.15) is 8.42 Å². The van der Waals surface area contributed by atoms with Crippen LogP contribution in [-0.4, -0.2) is 23.7 Å². The first-order chi connectivity index (χ1) is 9.55. The summed E-state index contributed by atoms with van der Waals surface area (Å²) in [5.74, 6) is 0.651. The van der Waals surface area contributed by atoms with Crippen molar-refractivity contribution >= 4 is 31.6 Å². The number of alkyl halides is 1. The lowest BCUT2D eigenvalue weighted by Gasteiger charge is -2.07. The predicted molar refractivity (Wildman–Crippen MR) is 82.7 cm³/mol. The van der Waals surface area contributed by atoms with Gasteiger partial charge in [-0.1, -0.05) is 35.0 Å². The van der Waals surface area contributed by atoms with Crippen molar-refractivity contribution in [3.05, 3.63) is 41.9 Å². The Bertz CT molecular complexity index is 665. The number of imidazole rings is 1. The van der Waals surface area contributed by atoms with Gasteiger partial charge in [0, 0.05) is 17.4 Å². The number of aromatic nitrogens is 2. The lowest BCUT2D eigenvalue weighted by molar-refractivity contribution is 0.598. The third kappa shape index (κ3) is 3.61. The molecule has 0 fully saturated rings. The van der Waals surface area contributed by atoms with Crippen LogP contribution in [0.2, 0.25) is 0 Å². The van der Waals surface area contributed by atoms with E-state index in [-0.39, 0.29) is 5.03 Å². The number of nitrogens with zero attached hydrogens (tertiary/aromatic N) is 1. The molecule has 0 amide bonds. The Morgan fingerprint density at radius 3 is 2.55 bits per heavy atom. The van der Waals surface area contributed by atoms with Crippen LogP contribution in [0.4, 0.5) is 5.69 Å². The molecule has 0 aliphatic rings. The van der Waals surface area contributed by atoms with Crippen LogP contribution in [0, 0.1) is 0 Å². The number of anilines is 1. The van der Waals surface area contributed by atoms with E-state index in [2.05, 4.69) is 30.6 Å². The number of H-pyrrole nitrogens is 1. The summed E-state index contributed by atoms with van der Waals surface area (Å²) in [6, 6.07) is 7.33. The molecule has 2 rings (SSSR count). The Balaban J connectivity index is 2.15. The number of aryl methyl sites for hydroxylation is 2. The zero-order chi connectivity index (χ0) is 14.6. The first kappa shape index (κ1) is 15.1. The average Bonchev–Trinajstić information content (AvgIpc) is 2.91. The summed E-state index contributed by atoms with van der Waals surface area (Å²) in [7, 11) is -3.61. The highest BCUT2D eigenvalue weighted by atomic mass is 79.9. The summed E-state index contributed by atoms with van der Waals surface area (Å²) in [4.78, 5) is 6.79. The predicted octanol–water partition coefficient (Wildman–Crippen LogP) is 2.71.